The van der Waals surface area contributed by atoms with E-state index in [1.807, 2.05) is 20.8 Å². The third kappa shape index (κ3) is 3.65. The summed E-state index contributed by atoms with van der Waals surface area (Å²) in [5.41, 5.74) is 5.23. The molecule has 2 N–H and O–H groups in total. The molecule has 0 bridgehead atoms. The van der Waals surface area contributed by atoms with Crippen LogP contribution >= 0.6 is 0 Å². The highest BCUT2D eigenvalue weighted by Crippen LogP contribution is 2.09. The summed E-state index contributed by atoms with van der Waals surface area (Å²) >= 11 is 0. The molecule has 0 saturated carbocycles. The molecule has 1 unspecified atom stereocenters. The van der Waals surface area contributed by atoms with Crippen LogP contribution in [0.4, 0.5) is 0 Å². The first-order valence-electron chi connectivity index (χ1n) is 3.07. The van der Waals surface area contributed by atoms with Gasteiger partial charge in [0.1, 0.15) is 0 Å². The molecule has 0 aromatic carbocycles. The summed E-state index contributed by atoms with van der Waals surface area (Å²) in [7, 11) is -0.762. The van der Waals surface area contributed by atoms with Crippen LogP contribution in [-0.4, -0.2) is 21.3 Å². The van der Waals surface area contributed by atoms with E-state index in [9.17, 15) is 4.21 Å². The molecule has 0 radical (unpaired) electrons. The average Bonchev–Trinajstić information content (AvgIpc) is 1.64. The van der Waals surface area contributed by atoms with Crippen molar-refractivity contribution in [3.63, 3.8) is 0 Å². The van der Waals surface area contributed by atoms with Gasteiger partial charge >= 0.3 is 0 Å². The summed E-state index contributed by atoms with van der Waals surface area (Å²) in [5, 5.41) is 0. The molecular formula is C6H15NOS. The Kier molecular flexibility index (Phi) is 3.36. The Hall–Kier alpha value is 0.110. The molecule has 0 heterocycles. The molecule has 2 nitrogen and oxygen atoms in total. The normalized spacial score (nSPS) is 15.6. The lowest BCUT2D eigenvalue weighted by Gasteiger charge is -2.16. The second kappa shape index (κ2) is 3.32. The van der Waals surface area contributed by atoms with Crippen LogP contribution in [0, 0.1) is 0 Å². The fourth-order valence-electron chi connectivity index (χ4n) is 0.413. The highest BCUT2D eigenvalue weighted by molar-refractivity contribution is 7.86. The second-order valence-corrected chi connectivity index (χ2v) is 5.27. The highest BCUT2D eigenvalue weighted by Gasteiger charge is 2.17. The monoisotopic (exact) mass is 149 g/mol. The Morgan fingerprint density at radius 2 is 1.89 bits per heavy atom. The predicted octanol–water partition coefficient (Wildman–Crippen LogP) is 0.492. The van der Waals surface area contributed by atoms with Gasteiger partial charge in [0.05, 0.1) is 0 Å². The van der Waals surface area contributed by atoms with Gasteiger partial charge in [0.15, 0.2) is 0 Å². The SMILES string of the molecule is CC(C)(C)S(=O)CCN. The summed E-state index contributed by atoms with van der Waals surface area (Å²) in [4.78, 5) is 0. The molecular weight excluding hydrogens is 134 g/mol. The Bertz CT molecular complexity index is 106. The number of nitrogens with two attached hydrogens (primary N) is 1. The van der Waals surface area contributed by atoms with Gasteiger partial charge in [-0.15, -0.1) is 0 Å². The smallest absolute Gasteiger partial charge is 0.0375 e. The third-order valence-electron chi connectivity index (χ3n) is 0.986. The Labute approximate surface area is 59.3 Å². The minimum absolute atomic E-state index is 0.0978. The van der Waals surface area contributed by atoms with Gasteiger partial charge in [-0.2, -0.15) is 0 Å². The predicted molar refractivity (Wildman–Crippen MR) is 41.8 cm³/mol. The van der Waals surface area contributed by atoms with Crippen molar-refractivity contribution in [2.75, 3.05) is 12.3 Å². The lowest BCUT2D eigenvalue weighted by molar-refractivity contribution is 0.648. The largest absolute Gasteiger partial charge is 0.330 e. The van der Waals surface area contributed by atoms with Crippen LogP contribution in [0.2, 0.25) is 0 Å². The maximum absolute atomic E-state index is 11.1. The first-order valence-corrected chi connectivity index (χ1v) is 4.39. The maximum Gasteiger partial charge on any atom is 0.0375 e. The topological polar surface area (TPSA) is 43.1 Å². The lowest BCUT2D eigenvalue weighted by Crippen LogP contribution is -2.27. The molecule has 9 heavy (non-hydrogen) atoms. The van der Waals surface area contributed by atoms with Crippen LogP contribution in [-0.2, 0) is 10.8 Å². The van der Waals surface area contributed by atoms with Gasteiger partial charge in [0.25, 0.3) is 0 Å². The first kappa shape index (κ1) is 9.11. The third-order valence-corrected chi connectivity index (χ3v) is 2.96. The van der Waals surface area contributed by atoms with E-state index in [1.54, 1.807) is 0 Å². The highest BCUT2D eigenvalue weighted by atomic mass is 32.2. The number of rotatable bonds is 2. The van der Waals surface area contributed by atoms with Crippen LogP contribution in [0.15, 0.2) is 0 Å². The van der Waals surface area contributed by atoms with E-state index < -0.39 is 10.8 Å². The molecule has 0 aliphatic carbocycles. The maximum atomic E-state index is 11.1. The van der Waals surface area contributed by atoms with Crippen LogP contribution in [0.25, 0.3) is 0 Å². The standard InChI is InChI=1S/C6H15NOS/c1-6(2,3)9(8)5-4-7/h4-5,7H2,1-3H3. The molecule has 3 heteroatoms. The fourth-order valence-corrected chi connectivity index (χ4v) is 1.24. The molecule has 0 fully saturated rings. The van der Waals surface area contributed by atoms with Crippen molar-refractivity contribution in [1.29, 1.82) is 0 Å². The van der Waals surface area contributed by atoms with Crippen molar-refractivity contribution in [3.8, 4) is 0 Å². The van der Waals surface area contributed by atoms with E-state index in [0.717, 1.165) is 0 Å². The van der Waals surface area contributed by atoms with Crippen molar-refractivity contribution in [1.82, 2.24) is 0 Å². The van der Waals surface area contributed by atoms with Crippen LogP contribution in [0.3, 0.4) is 0 Å². The molecule has 56 valence electrons. The molecule has 0 amide bonds. The Morgan fingerprint density at radius 3 is 2.00 bits per heavy atom. The fraction of sp³-hybridized carbons (Fsp3) is 1.00. The zero-order chi connectivity index (χ0) is 7.49. The van der Waals surface area contributed by atoms with Gasteiger partial charge in [-0.1, -0.05) is 0 Å². The molecule has 0 aromatic heterocycles. The van der Waals surface area contributed by atoms with E-state index in [-0.39, 0.29) is 4.75 Å². The van der Waals surface area contributed by atoms with Gasteiger partial charge in [0.2, 0.25) is 0 Å². The minimum Gasteiger partial charge on any atom is -0.330 e. The van der Waals surface area contributed by atoms with Crippen LogP contribution in [0.1, 0.15) is 20.8 Å². The van der Waals surface area contributed by atoms with E-state index in [2.05, 4.69) is 0 Å². The van der Waals surface area contributed by atoms with E-state index >= 15 is 0 Å². The number of hydrogen-bond donors (Lipinski definition) is 1. The van der Waals surface area contributed by atoms with Crippen LogP contribution < -0.4 is 5.73 Å². The van der Waals surface area contributed by atoms with Crippen molar-refractivity contribution >= 4 is 10.8 Å². The molecule has 1 atom stereocenters. The summed E-state index contributed by atoms with van der Waals surface area (Å²) in [5.74, 6) is 0.615. The van der Waals surface area contributed by atoms with Crippen LogP contribution in [0.5, 0.6) is 0 Å². The van der Waals surface area contributed by atoms with Crippen molar-refractivity contribution in [2.45, 2.75) is 25.5 Å². The van der Waals surface area contributed by atoms with Crippen molar-refractivity contribution in [2.24, 2.45) is 5.73 Å². The lowest BCUT2D eigenvalue weighted by atomic mass is 10.3. The van der Waals surface area contributed by atoms with Crippen molar-refractivity contribution < 1.29 is 4.21 Å². The van der Waals surface area contributed by atoms with Gasteiger partial charge < -0.3 is 5.73 Å². The molecule has 0 saturated heterocycles. The Balaban J connectivity index is 3.74. The molecule has 0 aromatic rings. The quantitative estimate of drug-likeness (QED) is 0.621. The summed E-state index contributed by atoms with van der Waals surface area (Å²) in [6.45, 7) is 6.39. The zero-order valence-electron chi connectivity index (χ0n) is 6.31. The van der Waals surface area contributed by atoms with Crippen molar-refractivity contribution in [3.05, 3.63) is 0 Å². The minimum atomic E-state index is -0.762. The van der Waals surface area contributed by atoms with E-state index in [4.69, 9.17) is 5.73 Å². The molecule has 0 aliphatic rings. The van der Waals surface area contributed by atoms with E-state index in [1.165, 1.54) is 0 Å². The number of hydrogen-bond acceptors (Lipinski definition) is 2. The zero-order valence-corrected chi connectivity index (χ0v) is 7.12. The first-order chi connectivity index (χ1) is 3.98. The van der Waals surface area contributed by atoms with E-state index in [0.29, 0.717) is 12.3 Å². The second-order valence-electron chi connectivity index (χ2n) is 2.95. The van der Waals surface area contributed by atoms with Gasteiger partial charge in [0, 0.05) is 27.8 Å². The Morgan fingerprint density at radius 1 is 1.44 bits per heavy atom. The summed E-state index contributed by atoms with van der Waals surface area (Å²) < 4.78 is 11.0. The summed E-state index contributed by atoms with van der Waals surface area (Å²) in [6.07, 6.45) is 0. The van der Waals surface area contributed by atoms with Gasteiger partial charge in [-0.05, 0) is 20.8 Å². The molecule has 0 rings (SSSR count). The average molecular weight is 149 g/mol. The van der Waals surface area contributed by atoms with Gasteiger partial charge in [-0.25, -0.2) is 0 Å². The molecule has 0 aliphatic heterocycles. The molecule has 0 spiro atoms. The summed E-state index contributed by atoms with van der Waals surface area (Å²) in [6, 6.07) is 0. The van der Waals surface area contributed by atoms with Gasteiger partial charge in [-0.3, -0.25) is 4.21 Å².